The van der Waals surface area contributed by atoms with Gasteiger partial charge in [-0.15, -0.1) is 0 Å². The molecular formula is C19H17N3O5. The van der Waals surface area contributed by atoms with Crippen molar-refractivity contribution in [3.63, 3.8) is 0 Å². The van der Waals surface area contributed by atoms with Crippen LogP contribution in [0.5, 0.6) is 5.75 Å². The minimum atomic E-state index is -0.564. The fourth-order valence-corrected chi connectivity index (χ4v) is 2.04. The third-order valence-electron chi connectivity index (χ3n) is 3.32. The Hall–Kier alpha value is -3.94. The highest BCUT2D eigenvalue weighted by molar-refractivity contribution is 5.99. The van der Waals surface area contributed by atoms with Crippen molar-refractivity contribution in [3.8, 4) is 5.75 Å². The van der Waals surface area contributed by atoms with Crippen molar-refractivity contribution in [3.05, 3.63) is 88.5 Å². The Morgan fingerprint density at radius 1 is 1.11 bits per heavy atom. The Bertz CT molecular complexity index is 875. The van der Waals surface area contributed by atoms with Crippen LogP contribution in [0.15, 0.2) is 67.3 Å². The van der Waals surface area contributed by atoms with E-state index in [-0.39, 0.29) is 17.9 Å². The second kappa shape index (κ2) is 9.52. The summed E-state index contributed by atoms with van der Waals surface area (Å²) in [6.45, 7) is 3.79. The number of rotatable bonds is 7. The average molecular weight is 367 g/mol. The molecule has 0 atom stereocenters. The van der Waals surface area contributed by atoms with Crippen LogP contribution in [-0.4, -0.2) is 23.3 Å². The highest BCUT2D eigenvalue weighted by Crippen LogP contribution is 2.17. The van der Waals surface area contributed by atoms with Crippen LogP contribution < -0.4 is 15.6 Å². The maximum Gasteiger partial charge on any atom is 0.273 e. The first-order chi connectivity index (χ1) is 13.0. The van der Waals surface area contributed by atoms with Crippen molar-refractivity contribution in [1.82, 2.24) is 10.9 Å². The van der Waals surface area contributed by atoms with Crippen LogP contribution in [0, 0.1) is 10.1 Å². The second-order valence-corrected chi connectivity index (χ2v) is 5.22. The van der Waals surface area contributed by atoms with Gasteiger partial charge in [0, 0.05) is 18.2 Å². The van der Waals surface area contributed by atoms with Crippen molar-refractivity contribution >= 4 is 23.6 Å². The van der Waals surface area contributed by atoms with Crippen molar-refractivity contribution in [2.24, 2.45) is 0 Å². The van der Waals surface area contributed by atoms with Crippen LogP contribution in [-0.2, 0) is 4.79 Å². The number of non-ortho nitro benzene ring substituents is 1. The average Bonchev–Trinajstić information content (AvgIpc) is 2.69. The first kappa shape index (κ1) is 19.4. The number of nitro benzene ring substituents is 1. The Morgan fingerprint density at radius 3 is 2.48 bits per heavy atom. The highest BCUT2D eigenvalue weighted by atomic mass is 16.6. The molecule has 8 nitrogen and oxygen atoms in total. The predicted octanol–water partition coefficient (Wildman–Crippen LogP) is 2.63. The Morgan fingerprint density at radius 2 is 1.81 bits per heavy atom. The molecule has 27 heavy (non-hydrogen) atoms. The van der Waals surface area contributed by atoms with Gasteiger partial charge in [-0.2, -0.15) is 0 Å². The van der Waals surface area contributed by atoms with E-state index in [9.17, 15) is 19.7 Å². The minimum absolute atomic E-state index is 0.0406. The molecule has 2 rings (SSSR count). The molecule has 0 fully saturated rings. The maximum absolute atomic E-state index is 12.2. The van der Waals surface area contributed by atoms with Gasteiger partial charge in [-0.3, -0.25) is 30.6 Å². The fraction of sp³-hybridized carbons (Fsp3) is 0.0526. The normalized spacial score (nSPS) is 10.2. The van der Waals surface area contributed by atoms with Gasteiger partial charge in [-0.05, 0) is 35.9 Å². The van der Waals surface area contributed by atoms with E-state index in [0.29, 0.717) is 11.3 Å². The van der Waals surface area contributed by atoms with Gasteiger partial charge in [0.15, 0.2) is 0 Å². The fourth-order valence-electron chi connectivity index (χ4n) is 2.04. The van der Waals surface area contributed by atoms with Gasteiger partial charge in [0.1, 0.15) is 12.4 Å². The molecule has 8 heteroatoms. The summed E-state index contributed by atoms with van der Waals surface area (Å²) >= 11 is 0. The zero-order valence-electron chi connectivity index (χ0n) is 14.3. The monoisotopic (exact) mass is 367 g/mol. The van der Waals surface area contributed by atoms with Crippen molar-refractivity contribution < 1.29 is 19.2 Å². The number of nitrogens with zero attached hydrogens (tertiary/aromatic N) is 1. The third-order valence-corrected chi connectivity index (χ3v) is 3.32. The van der Waals surface area contributed by atoms with Crippen LogP contribution in [0.2, 0.25) is 0 Å². The number of nitro groups is 1. The number of carbonyl (C=O) groups excluding carboxylic acids is 2. The second-order valence-electron chi connectivity index (χ2n) is 5.22. The molecule has 2 N–H and O–H groups in total. The summed E-state index contributed by atoms with van der Waals surface area (Å²) in [4.78, 5) is 34.1. The predicted molar refractivity (Wildman–Crippen MR) is 99.9 cm³/mol. The lowest BCUT2D eigenvalue weighted by molar-refractivity contribution is -0.384. The summed E-state index contributed by atoms with van der Waals surface area (Å²) in [5, 5.41) is 10.6. The first-order valence-corrected chi connectivity index (χ1v) is 7.87. The molecule has 2 aromatic rings. The Labute approximate surface area is 155 Å². The number of hydrogen-bond acceptors (Lipinski definition) is 5. The molecule has 2 amide bonds. The molecule has 0 bridgehead atoms. The number of para-hydroxylation sites is 1. The van der Waals surface area contributed by atoms with Crippen LogP contribution in [0.1, 0.15) is 15.9 Å². The number of carbonyl (C=O) groups is 2. The lowest BCUT2D eigenvalue weighted by Crippen LogP contribution is -2.40. The van der Waals surface area contributed by atoms with E-state index in [1.807, 2.05) is 0 Å². The smallest absolute Gasteiger partial charge is 0.273 e. The largest absolute Gasteiger partial charge is 0.489 e. The molecule has 138 valence electrons. The minimum Gasteiger partial charge on any atom is -0.489 e. The molecule has 0 aliphatic heterocycles. The molecule has 2 aromatic carbocycles. The number of nitrogens with one attached hydrogen (secondary N) is 2. The summed E-state index contributed by atoms with van der Waals surface area (Å²) < 4.78 is 5.39. The third kappa shape index (κ3) is 5.82. The number of amides is 2. The molecule has 0 aliphatic carbocycles. The van der Waals surface area contributed by atoms with E-state index in [0.717, 1.165) is 0 Å². The van der Waals surface area contributed by atoms with Gasteiger partial charge >= 0.3 is 0 Å². The highest BCUT2D eigenvalue weighted by Gasteiger charge is 2.12. The summed E-state index contributed by atoms with van der Waals surface area (Å²) in [6.07, 6.45) is 4.22. The van der Waals surface area contributed by atoms with Crippen LogP contribution >= 0.6 is 0 Å². The van der Waals surface area contributed by atoms with E-state index < -0.39 is 16.7 Å². The van der Waals surface area contributed by atoms with E-state index in [2.05, 4.69) is 17.4 Å². The first-order valence-electron chi connectivity index (χ1n) is 7.87. The van der Waals surface area contributed by atoms with Gasteiger partial charge < -0.3 is 4.74 Å². The van der Waals surface area contributed by atoms with Crippen LogP contribution in [0.25, 0.3) is 6.08 Å². The zero-order chi connectivity index (χ0) is 19.6. The lowest BCUT2D eigenvalue weighted by Gasteiger charge is -2.10. The molecule has 0 spiro atoms. The van der Waals surface area contributed by atoms with Crippen LogP contribution in [0.3, 0.4) is 0 Å². The Kier molecular flexibility index (Phi) is 6.83. The van der Waals surface area contributed by atoms with Crippen molar-refractivity contribution in [2.45, 2.75) is 0 Å². The van der Waals surface area contributed by atoms with Gasteiger partial charge in [0.2, 0.25) is 0 Å². The maximum atomic E-state index is 12.2. The quantitative estimate of drug-likeness (QED) is 0.338. The number of hydrogen-bond donors (Lipinski definition) is 2. The van der Waals surface area contributed by atoms with Gasteiger partial charge in [-0.1, -0.05) is 24.8 Å². The van der Waals surface area contributed by atoms with Gasteiger partial charge in [-0.25, -0.2) is 0 Å². The zero-order valence-corrected chi connectivity index (χ0v) is 14.3. The lowest BCUT2D eigenvalue weighted by atomic mass is 10.2. The molecule has 0 saturated heterocycles. The summed E-state index contributed by atoms with van der Waals surface area (Å²) in [5.74, 6) is -0.733. The standard InChI is InChI=1S/C19H17N3O5/c1-2-13-27-17-6-4-3-5-16(17)19(24)21-20-18(23)12-9-14-7-10-15(11-8-14)22(25)26/h2-12H,1,13H2,(H,20,23)(H,21,24)/b12-9+. The molecule has 0 aliphatic rings. The number of hydrazine groups is 1. The Balaban J connectivity index is 1.92. The topological polar surface area (TPSA) is 111 Å². The van der Waals surface area contributed by atoms with Crippen LogP contribution in [0.4, 0.5) is 5.69 Å². The van der Waals surface area contributed by atoms with E-state index in [1.54, 1.807) is 30.3 Å². The van der Waals surface area contributed by atoms with E-state index in [4.69, 9.17) is 4.74 Å². The van der Waals surface area contributed by atoms with E-state index >= 15 is 0 Å². The van der Waals surface area contributed by atoms with Gasteiger partial charge in [0.05, 0.1) is 10.5 Å². The molecule has 0 saturated carbocycles. The molecular weight excluding hydrogens is 350 g/mol. The molecule has 0 aromatic heterocycles. The summed E-state index contributed by atoms with van der Waals surface area (Å²) in [7, 11) is 0. The van der Waals surface area contributed by atoms with Crippen molar-refractivity contribution in [1.29, 1.82) is 0 Å². The van der Waals surface area contributed by atoms with Crippen molar-refractivity contribution in [2.75, 3.05) is 6.61 Å². The van der Waals surface area contributed by atoms with Gasteiger partial charge in [0.25, 0.3) is 17.5 Å². The molecule has 0 heterocycles. The summed E-state index contributed by atoms with van der Waals surface area (Å²) in [6, 6.07) is 12.3. The van der Waals surface area contributed by atoms with E-state index in [1.165, 1.54) is 36.4 Å². The molecule has 0 radical (unpaired) electrons. The molecule has 0 unspecified atom stereocenters. The SMILES string of the molecule is C=CCOc1ccccc1C(=O)NNC(=O)/C=C/c1ccc([N+](=O)[O-])cc1. The summed E-state index contributed by atoms with van der Waals surface area (Å²) in [5.41, 5.74) is 5.37. The number of benzene rings is 2. The number of ether oxygens (including phenoxy) is 1.